The number of aliphatic hydroxyl groups is 1. The fraction of sp³-hybridized carbons (Fsp3) is 0.882. The van der Waals surface area contributed by atoms with E-state index >= 15 is 0 Å². The number of ether oxygens (including phenoxy) is 4. The van der Waals surface area contributed by atoms with Gasteiger partial charge in [0.05, 0.1) is 59.4 Å². The van der Waals surface area contributed by atoms with Crippen LogP contribution in [0.1, 0.15) is 13.8 Å². The Morgan fingerprint density at radius 3 is 1.93 bits per heavy atom. The zero-order valence-electron chi connectivity index (χ0n) is 16.2. The third-order valence-electron chi connectivity index (χ3n) is 3.15. The maximum absolute atomic E-state index is 13.5. The third-order valence-corrected chi connectivity index (χ3v) is 3.15. The second-order valence-corrected chi connectivity index (χ2v) is 5.92. The maximum atomic E-state index is 13.5. The molecule has 0 aromatic heterocycles. The Bertz CT molecular complexity index is 386. The van der Waals surface area contributed by atoms with Gasteiger partial charge in [-0.1, -0.05) is 13.8 Å². The van der Waals surface area contributed by atoms with Crippen molar-refractivity contribution < 1.29 is 38.0 Å². The highest BCUT2D eigenvalue weighted by Crippen LogP contribution is 1.94. The number of amides is 2. The molecule has 0 heterocycles. The molecule has 0 spiro atoms. The van der Waals surface area contributed by atoms with Crippen molar-refractivity contribution in [3.05, 3.63) is 0 Å². The van der Waals surface area contributed by atoms with Gasteiger partial charge in [0, 0.05) is 12.5 Å². The minimum absolute atomic E-state index is 0.0540. The van der Waals surface area contributed by atoms with Crippen LogP contribution in [0.25, 0.3) is 0 Å². The fourth-order valence-electron chi connectivity index (χ4n) is 1.66. The average Bonchev–Trinajstić information content (AvgIpc) is 2.65. The predicted octanol–water partition coefficient (Wildman–Crippen LogP) is -0.728. The van der Waals surface area contributed by atoms with E-state index in [1.54, 1.807) is 13.8 Å². The van der Waals surface area contributed by atoms with Crippen molar-refractivity contribution in [1.29, 1.82) is 0 Å². The first-order chi connectivity index (χ1) is 13.0. The molecule has 0 aliphatic rings. The van der Waals surface area contributed by atoms with Gasteiger partial charge in [0.1, 0.15) is 12.8 Å². The highest BCUT2D eigenvalue weighted by atomic mass is 19.1. The number of carbonyl (C=O) groups excluding carboxylic acids is 2. The molecule has 0 aromatic carbocycles. The lowest BCUT2D eigenvalue weighted by Gasteiger charge is -2.12. The second kappa shape index (κ2) is 18.1. The standard InChI is InChI=1S/C17H33FN2O7/c1-14(2)17(23)20-11-15(18)13-27-10-9-26-8-7-25-6-5-24-4-3-19-16(22)12-21/h14-15,21H,3-13H2,1-2H3,(H,19,22)(H,20,23). The Kier molecular flexibility index (Phi) is 17.2. The lowest BCUT2D eigenvalue weighted by atomic mass is 10.2. The molecule has 2 amide bonds. The van der Waals surface area contributed by atoms with Gasteiger partial charge in [0.15, 0.2) is 0 Å². The summed E-state index contributed by atoms with van der Waals surface area (Å²) in [5.74, 6) is -0.782. The Hall–Kier alpha value is -1.33. The predicted molar refractivity (Wildman–Crippen MR) is 96.1 cm³/mol. The Morgan fingerprint density at radius 1 is 0.889 bits per heavy atom. The SMILES string of the molecule is CC(C)C(=O)NCC(F)COCCOCCOCCOCCNC(=O)CO. The van der Waals surface area contributed by atoms with E-state index in [0.29, 0.717) is 46.2 Å². The van der Waals surface area contributed by atoms with E-state index in [9.17, 15) is 14.0 Å². The molecule has 0 bridgehead atoms. The van der Waals surface area contributed by atoms with Gasteiger partial charge >= 0.3 is 0 Å². The van der Waals surface area contributed by atoms with E-state index in [2.05, 4.69) is 10.6 Å². The first-order valence-electron chi connectivity index (χ1n) is 9.07. The van der Waals surface area contributed by atoms with E-state index in [1.165, 1.54) is 0 Å². The maximum Gasteiger partial charge on any atom is 0.245 e. The van der Waals surface area contributed by atoms with Crippen molar-refractivity contribution in [2.45, 2.75) is 20.0 Å². The Morgan fingerprint density at radius 2 is 1.41 bits per heavy atom. The van der Waals surface area contributed by atoms with Gasteiger partial charge in [-0.15, -0.1) is 0 Å². The normalized spacial score (nSPS) is 12.2. The molecule has 1 unspecified atom stereocenters. The fourth-order valence-corrected chi connectivity index (χ4v) is 1.66. The van der Waals surface area contributed by atoms with E-state index in [4.69, 9.17) is 24.1 Å². The van der Waals surface area contributed by atoms with Crippen LogP contribution in [-0.2, 0) is 28.5 Å². The Labute approximate surface area is 159 Å². The number of rotatable bonds is 18. The smallest absolute Gasteiger partial charge is 0.245 e. The number of carbonyl (C=O) groups is 2. The largest absolute Gasteiger partial charge is 0.387 e. The second-order valence-electron chi connectivity index (χ2n) is 5.92. The number of halogens is 1. The van der Waals surface area contributed by atoms with Crippen LogP contribution in [0, 0.1) is 5.92 Å². The molecular weight excluding hydrogens is 363 g/mol. The number of alkyl halides is 1. The van der Waals surface area contributed by atoms with E-state index < -0.39 is 18.7 Å². The van der Waals surface area contributed by atoms with Gasteiger partial charge in [-0.2, -0.15) is 0 Å². The van der Waals surface area contributed by atoms with Crippen molar-refractivity contribution in [2.24, 2.45) is 5.92 Å². The molecule has 0 saturated carbocycles. The number of hydrogen-bond donors (Lipinski definition) is 3. The van der Waals surface area contributed by atoms with Crippen molar-refractivity contribution in [3.8, 4) is 0 Å². The lowest BCUT2D eigenvalue weighted by Crippen LogP contribution is -2.35. The molecule has 10 heteroatoms. The van der Waals surface area contributed by atoms with E-state index in [1.807, 2.05) is 0 Å². The molecule has 0 aliphatic heterocycles. The first-order valence-corrected chi connectivity index (χ1v) is 9.07. The van der Waals surface area contributed by atoms with Crippen molar-refractivity contribution in [1.82, 2.24) is 10.6 Å². The summed E-state index contributed by atoms with van der Waals surface area (Å²) >= 11 is 0. The van der Waals surface area contributed by atoms with Crippen LogP contribution in [0.2, 0.25) is 0 Å². The molecule has 0 radical (unpaired) electrons. The minimum Gasteiger partial charge on any atom is -0.387 e. The highest BCUT2D eigenvalue weighted by Gasteiger charge is 2.11. The van der Waals surface area contributed by atoms with Gasteiger partial charge < -0.3 is 34.7 Å². The molecule has 9 nitrogen and oxygen atoms in total. The molecule has 0 rings (SSSR count). The molecule has 0 aliphatic carbocycles. The van der Waals surface area contributed by atoms with Crippen LogP contribution in [0.5, 0.6) is 0 Å². The van der Waals surface area contributed by atoms with E-state index in [-0.39, 0.29) is 31.6 Å². The Balaban J connectivity index is 3.22. The lowest BCUT2D eigenvalue weighted by molar-refractivity contribution is -0.124. The topological polar surface area (TPSA) is 115 Å². The summed E-state index contributed by atoms with van der Waals surface area (Å²) in [5.41, 5.74) is 0. The average molecular weight is 396 g/mol. The van der Waals surface area contributed by atoms with Crippen LogP contribution in [0.4, 0.5) is 4.39 Å². The van der Waals surface area contributed by atoms with Gasteiger partial charge in [0.25, 0.3) is 0 Å². The molecule has 0 aromatic rings. The molecule has 1 atom stereocenters. The van der Waals surface area contributed by atoms with Gasteiger partial charge in [-0.25, -0.2) is 4.39 Å². The summed E-state index contributed by atoms with van der Waals surface area (Å²) in [6.07, 6.45) is -1.24. The van der Waals surface area contributed by atoms with Gasteiger partial charge in [0.2, 0.25) is 11.8 Å². The van der Waals surface area contributed by atoms with Crippen LogP contribution < -0.4 is 10.6 Å². The molecular formula is C17H33FN2O7. The van der Waals surface area contributed by atoms with Crippen molar-refractivity contribution in [3.63, 3.8) is 0 Å². The molecule has 27 heavy (non-hydrogen) atoms. The van der Waals surface area contributed by atoms with Gasteiger partial charge in [-0.05, 0) is 0 Å². The summed E-state index contributed by atoms with van der Waals surface area (Å²) < 4.78 is 34.4. The number of hydrogen-bond acceptors (Lipinski definition) is 7. The van der Waals surface area contributed by atoms with Crippen LogP contribution in [0.3, 0.4) is 0 Å². The molecule has 0 fully saturated rings. The van der Waals surface area contributed by atoms with Gasteiger partial charge in [-0.3, -0.25) is 9.59 Å². The first kappa shape index (κ1) is 25.7. The summed E-state index contributed by atoms with van der Waals surface area (Å²) in [6.45, 7) is 5.68. The molecule has 160 valence electrons. The van der Waals surface area contributed by atoms with Crippen molar-refractivity contribution in [2.75, 3.05) is 72.6 Å². The van der Waals surface area contributed by atoms with Crippen molar-refractivity contribution >= 4 is 11.8 Å². The van der Waals surface area contributed by atoms with Crippen LogP contribution >= 0.6 is 0 Å². The number of aliphatic hydroxyl groups excluding tert-OH is 1. The highest BCUT2D eigenvalue weighted by molar-refractivity contribution is 5.77. The summed E-state index contributed by atoms with van der Waals surface area (Å²) in [7, 11) is 0. The quantitative estimate of drug-likeness (QED) is 0.262. The van der Waals surface area contributed by atoms with Crippen LogP contribution in [0.15, 0.2) is 0 Å². The number of nitrogens with one attached hydrogen (secondary N) is 2. The summed E-state index contributed by atoms with van der Waals surface area (Å²) in [5, 5.41) is 13.5. The zero-order chi connectivity index (χ0) is 20.3. The third kappa shape index (κ3) is 17.8. The van der Waals surface area contributed by atoms with Crippen LogP contribution in [-0.4, -0.2) is 95.6 Å². The zero-order valence-corrected chi connectivity index (χ0v) is 16.2. The van der Waals surface area contributed by atoms with E-state index in [0.717, 1.165) is 0 Å². The molecule has 0 saturated heterocycles. The summed E-state index contributed by atoms with van der Waals surface area (Å²) in [6, 6.07) is 0. The summed E-state index contributed by atoms with van der Waals surface area (Å²) in [4.78, 5) is 22.0. The molecule has 3 N–H and O–H groups in total. The minimum atomic E-state index is -1.24. The monoisotopic (exact) mass is 396 g/mol.